The second-order valence-corrected chi connectivity index (χ2v) is 5.63. The van der Waals surface area contributed by atoms with Gasteiger partial charge in [-0.05, 0) is 11.6 Å². The lowest BCUT2D eigenvalue weighted by Crippen LogP contribution is -2.51. The minimum atomic E-state index is 0.0988. The van der Waals surface area contributed by atoms with Crippen LogP contribution >= 0.6 is 0 Å². The largest absolute Gasteiger partial charge is 0.361 e. The van der Waals surface area contributed by atoms with E-state index in [4.69, 9.17) is 0 Å². The Bertz CT molecular complexity index is 650. The molecule has 2 fully saturated rings. The van der Waals surface area contributed by atoms with E-state index >= 15 is 0 Å². The summed E-state index contributed by atoms with van der Waals surface area (Å²) in [7, 11) is 0. The summed E-state index contributed by atoms with van der Waals surface area (Å²) < 4.78 is 0. The van der Waals surface area contributed by atoms with Crippen molar-refractivity contribution in [2.24, 2.45) is 0 Å². The van der Waals surface area contributed by atoms with Crippen molar-refractivity contribution in [1.82, 2.24) is 20.1 Å². The first-order valence-corrected chi connectivity index (χ1v) is 7.13. The van der Waals surface area contributed by atoms with Crippen molar-refractivity contribution in [3.63, 3.8) is 0 Å². The van der Waals surface area contributed by atoms with Crippen LogP contribution in [0.4, 0.5) is 4.79 Å². The third-order valence-corrected chi connectivity index (χ3v) is 4.39. The number of hydrogen-bond donors (Lipinski definition) is 2. The molecule has 1 aromatic heterocycles. The van der Waals surface area contributed by atoms with Gasteiger partial charge in [-0.15, -0.1) is 0 Å². The minimum absolute atomic E-state index is 0.0988. The summed E-state index contributed by atoms with van der Waals surface area (Å²) in [6.07, 6.45) is 2.11. The molecule has 1 atom stereocenters. The average Bonchev–Trinajstić information content (AvgIpc) is 3.04. The maximum atomic E-state index is 11.6. The number of benzene rings is 1. The molecule has 2 N–H and O–H groups in total. The van der Waals surface area contributed by atoms with E-state index in [1.54, 1.807) is 0 Å². The maximum Gasteiger partial charge on any atom is 0.317 e. The number of para-hydroxylation sites is 1. The molecule has 20 heavy (non-hydrogen) atoms. The highest BCUT2D eigenvalue weighted by molar-refractivity contribution is 5.83. The Labute approximate surface area is 117 Å². The average molecular weight is 270 g/mol. The summed E-state index contributed by atoms with van der Waals surface area (Å²) >= 11 is 0. The Morgan fingerprint density at radius 1 is 1.25 bits per heavy atom. The standard InChI is InChI=1S/C15H18N4O/c20-15-17-8-12-10-18(5-6-19(12)15)9-11-7-16-14-4-2-1-3-13(11)14/h1-4,7,12,16H,5-6,8-10H2,(H,17,20). The van der Waals surface area contributed by atoms with E-state index in [1.807, 2.05) is 4.90 Å². The van der Waals surface area contributed by atoms with Gasteiger partial charge in [0.1, 0.15) is 0 Å². The van der Waals surface area contributed by atoms with Crippen molar-refractivity contribution in [2.75, 3.05) is 26.2 Å². The zero-order chi connectivity index (χ0) is 13.5. The number of amides is 2. The quantitative estimate of drug-likeness (QED) is 0.866. The van der Waals surface area contributed by atoms with E-state index in [-0.39, 0.29) is 6.03 Å². The van der Waals surface area contributed by atoms with E-state index in [9.17, 15) is 4.79 Å². The van der Waals surface area contributed by atoms with Crippen molar-refractivity contribution < 1.29 is 4.79 Å². The summed E-state index contributed by atoms with van der Waals surface area (Å²) in [5.41, 5.74) is 2.53. The molecule has 2 aliphatic heterocycles. The highest BCUT2D eigenvalue weighted by Crippen LogP contribution is 2.21. The summed E-state index contributed by atoms with van der Waals surface area (Å²) in [5.74, 6) is 0. The van der Waals surface area contributed by atoms with Gasteiger partial charge >= 0.3 is 6.03 Å². The minimum Gasteiger partial charge on any atom is -0.361 e. The van der Waals surface area contributed by atoms with E-state index in [1.165, 1.54) is 16.5 Å². The number of hydrogen-bond acceptors (Lipinski definition) is 2. The second-order valence-electron chi connectivity index (χ2n) is 5.63. The number of H-pyrrole nitrogens is 1. The molecule has 0 spiro atoms. The number of piperazine rings is 1. The normalized spacial score (nSPS) is 23.1. The number of nitrogens with zero attached hydrogens (tertiary/aromatic N) is 2. The van der Waals surface area contributed by atoms with Gasteiger partial charge in [-0.2, -0.15) is 0 Å². The zero-order valence-electron chi connectivity index (χ0n) is 11.3. The lowest BCUT2D eigenvalue weighted by atomic mass is 10.1. The van der Waals surface area contributed by atoms with Gasteiger partial charge in [-0.1, -0.05) is 18.2 Å². The third kappa shape index (κ3) is 1.86. The molecule has 2 aromatic rings. The zero-order valence-corrected chi connectivity index (χ0v) is 11.3. The molecule has 1 aromatic carbocycles. The molecule has 104 valence electrons. The van der Waals surface area contributed by atoms with Crippen LogP contribution in [0.5, 0.6) is 0 Å². The topological polar surface area (TPSA) is 51.4 Å². The highest BCUT2D eigenvalue weighted by atomic mass is 16.2. The van der Waals surface area contributed by atoms with Gasteiger partial charge in [-0.25, -0.2) is 4.79 Å². The van der Waals surface area contributed by atoms with E-state index in [0.29, 0.717) is 6.04 Å². The number of nitrogens with one attached hydrogen (secondary N) is 2. The van der Waals surface area contributed by atoms with Crippen LogP contribution in [-0.4, -0.2) is 53.0 Å². The van der Waals surface area contributed by atoms with Gasteiger partial charge in [0.25, 0.3) is 0 Å². The summed E-state index contributed by atoms with van der Waals surface area (Å²) in [5, 5.41) is 4.23. The molecule has 0 saturated carbocycles. The van der Waals surface area contributed by atoms with Crippen molar-refractivity contribution in [1.29, 1.82) is 0 Å². The molecule has 1 unspecified atom stereocenters. The van der Waals surface area contributed by atoms with Crippen molar-refractivity contribution >= 4 is 16.9 Å². The van der Waals surface area contributed by atoms with Crippen LogP contribution in [0, 0.1) is 0 Å². The van der Waals surface area contributed by atoms with Gasteiger partial charge in [-0.3, -0.25) is 4.90 Å². The van der Waals surface area contributed by atoms with Crippen LogP contribution in [0.1, 0.15) is 5.56 Å². The number of carbonyl (C=O) groups is 1. The van der Waals surface area contributed by atoms with Crippen LogP contribution in [0.25, 0.3) is 10.9 Å². The van der Waals surface area contributed by atoms with E-state index in [2.05, 4.69) is 45.7 Å². The van der Waals surface area contributed by atoms with Crippen molar-refractivity contribution in [3.05, 3.63) is 36.0 Å². The fourth-order valence-corrected chi connectivity index (χ4v) is 3.32. The summed E-state index contributed by atoms with van der Waals surface area (Å²) in [4.78, 5) is 19.3. The molecule has 0 aliphatic carbocycles. The number of urea groups is 1. The molecule has 5 heteroatoms. The Balaban J connectivity index is 1.51. The van der Waals surface area contributed by atoms with Gasteiger partial charge in [0.15, 0.2) is 0 Å². The van der Waals surface area contributed by atoms with Gasteiger partial charge < -0.3 is 15.2 Å². The Morgan fingerprint density at radius 2 is 2.15 bits per heavy atom. The fourth-order valence-electron chi connectivity index (χ4n) is 3.32. The first-order valence-electron chi connectivity index (χ1n) is 7.13. The Kier molecular flexibility index (Phi) is 2.67. The molecular formula is C15H18N4O. The van der Waals surface area contributed by atoms with Gasteiger partial charge in [0, 0.05) is 49.8 Å². The van der Waals surface area contributed by atoms with Crippen LogP contribution in [-0.2, 0) is 6.54 Å². The van der Waals surface area contributed by atoms with Crippen LogP contribution in [0.3, 0.4) is 0 Å². The first-order chi connectivity index (χ1) is 9.81. The number of aromatic nitrogens is 1. The van der Waals surface area contributed by atoms with Crippen LogP contribution < -0.4 is 5.32 Å². The molecule has 2 saturated heterocycles. The molecule has 4 rings (SSSR count). The predicted octanol–water partition coefficient (Wildman–Crippen LogP) is 1.38. The van der Waals surface area contributed by atoms with Crippen LogP contribution in [0.2, 0.25) is 0 Å². The lowest BCUT2D eigenvalue weighted by Gasteiger charge is -2.36. The van der Waals surface area contributed by atoms with Crippen LogP contribution in [0.15, 0.2) is 30.5 Å². The molecule has 2 aliphatic rings. The van der Waals surface area contributed by atoms with Crippen molar-refractivity contribution in [2.45, 2.75) is 12.6 Å². The summed E-state index contributed by atoms with van der Waals surface area (Å²) in [6, 6.07) is 8.84. The van der Waals surface area contributed by atoms with Crippen molar-refractivity contribution in [3.8, 4) is 0 Å². The SMILES string of the molecule is O=C1NCC2CN(Cc3c[nH]c4ccccc34)CCN12. The molecule has 0 radical (unpaired) electrons. The first kappa shape index (κ1) is 11.8. The Hall–Kier alpha value is -2.01. The van der Waals surface area contributed by atoms with E-state index in [0.717, 1.165) is 32.7 Å². The fraction of sp³-hybridized carbons (Fsp3) is 0.400. The number of fused-ring (bicyclic) bond motifs is 2. The molecule has 0 bridgehead atoms. The number of carbonyl (C=O) groups excluding carboxylic acids is 1. The third-order valence-electron chi connectivity index (χ3n) is 4.39. The molecule has 5 nitrogen and oxygen atoms in total. The molecular weight excluding hydrogens is 252 g/mol. The monoisotopic (exact) mass is 270 g/mol. The van der Waals surface area contributed by atoms with Gasteiger partial charge in [0.2, 0.25) is 0 Å². The molecule has 3 heterocycles. The molecule has 2 amide bonds. The Morgan fingerprint density at radius 3 is 3.10 bits per heavy atom. The number of rotatable bonds is 2. The highest BCUT2D eigenvalue weighted by Gasteiger charge is 2.35. The number of aromatic amines is 1. The predicted molar refractivity (Wildman–Crippen MR) is 77.5 cm³/mol. The lowest BCUT2D eigenvalue weighted by molar-refractivity contribution is 0.117. The summed E-state index contributed by atoms with van der Waals surface area (Å²) in [6.45, 7) is 4.46. The second kappa shape index (κ2) is 4.52. The maximum absolute atomic E-state index is 11.6. The van der Waals surface area contributed by atoms with E-state index < -0.39 is 0 Å². The smallest absolute Gasteiger partial charge is 0.317 e. The van der Waals surface area contributed by atoms with Gasteiger partial charge in [0.05, 0.1) is 6.04 Å².